The SMILES string of the molecule is CCNC(=NCC1CCCOC1c1ccccc1)N(C)Cc1cn(C)nc1C(C)C. The summed E-state index contributed by atoms with van der Waals surface area (Å²) in [5, 5.41) is 8.10. The smallest absolute Gasteiger partial charge is 0.193 e. The van der Waals surface area contributed by atoms with Crippen molar-refractivity contribution in [3.63, 3.8) is 0 Å². The molecule has 2 heterocycles. The van der Waals surface area contributed by atoms with Gasteiger partial charge in [0, 0.05) is 58.0 Å². The molecule has 0 saturated carbocycles. The van der Waals surface area contributed by atoms with Crippen LogP contribution in [-0.4, -0.2) is 47.4 Å². The Morgan fingerprint density at radius 3 is 2.80 bits per heavy atom. The van der Waals surface area contributed by atoms with Crippen LogP contribution in [0.5, 0.6) is 0 Å². The van der Waals surface area contributed by atoms with E-state index in [1.807, 2.05) is 11.7 Å². The monoisotopic (exact) mass is 411 g/mol. The first-order valence-electron chi connectivity index (χ1n) is 11.2. The lowest BCUT2D eigenvalue weighted by molar-refractivity contribution is -0.0250. The molecule has 3 rings (SSSR count). The predicted molar refractivity (Wildman–Crippen MR) is 123 cm³/mol. The Balaban J connectivity index is 1.73. The number of nitrogens with one attached hydrogen (secondary N) is 1. The van der Waals surface area contributed by atoms with Crippen LogP contribution >= 0.6 is 0 Å². The number of hydrogen-bond donors (Lipinski definition) is 1. The van der Waals surface area contributed by atoms with Gasteiger partial charge in [0.05, 0.1) is 11.8 Å². The number of aryl methyl sites for hydroxylation is 1. The number of rotatable bonds is 7. The molecule has 1 aromatic carbocycles. The Labute approximate surface area is 181 Å². The van der Waals surface area contributed by atoms with Gasteiger partial charge in [-0.2, -0.15) is 5.10 Å². The average molecular weight is 412 g/mol. The molecule has 0 bridgehead atoms. The van der Waals surface area contributed by atoms with E-state index in [1.165, 1.54) is 11.1 Å². The second-order valence-corrected chi connectivity index (χ2v) is 8.52. The van der Waals surface area contributed by atoms with E-state index in [0.29, 0.717) is 11.8 Å². The van der Waals surface area contributed by atoms with Crippen molar-refractivity contribution in [2.24, 2.45) is 18.0 Å². The van der Waals surface area contributed by atoms with Crippen LogP contribution in [0.4, 0.5) is 0 Å². The molecule has 6 nitrogen and oxygen atoms in total. The maximum Gasteiger partial charge on any atom is 0.193 e. The predicted octanol–water partition coefficient (Wildman–Crippen LogP) is 4.11. The molecule has 1 fully saturated rings. The van der Waals surface area contributed by atoms with Crippen LogP contribution in [0.1, 0.15) is 62.5 Å². The number of nitrogens with zero attached hydrogens (tertiary/aromatic N) is 4. The lowest BCUT2D eigenvalue weighted by atomic mass is 9.89. The maximum absolute atomic E-state index is 6.16. The molecule has 1 aromatic heterocycles. The van der Waals surface area contributed by atoms with Crippen molar-refractivity contribution < 1.29 is 4.74 Å². The molecule has 0 aliphatic carbocycles. The highest BCUT2D eigenvalue weighted by molar-refractivity contribution is 5.79. The van der Waals surface area contributed by atoms with E-state index in [0.717, 1.165) is 50.7 Å². The fraction of sp³-hybridized carbons (Fsp3) is 0.583. The molecule has 1 saturated heterocycles. The Kier molecular flexibility index (Phi) is 7.91. The molecule has 0 spiro atoms. The van der Waals surface area contributed by atoms with Gasteiger partial charge in [-0.1, -0.05) is 44.2 Å². The molecule has 2 unspecified atom stereocenters. The molecule has 164 valence electrons. The van der Waals surface area contributed by atoms with E-state index in [1.54, 1.807) is 0 Å². The first-order chi connectivity index (χ1) is 14.5. The lowest BCUT2D eigenvalue weighted by Gasteiger charge is -2.32. The highest BCUT2D eigenvalue weighted by atomic mass is 16.5. The molecule has 6 heteroatoms. The van der Waals surface area contributed by atoms with Crippen LogP contribution in [0.2, 0.25) is 0 Å². The third-order valence-corrected chi connectivity index (χ3v) is 5.64. The quantitative estimate of drug-likeness (QED) is 0.550. The number of aliphatic imine (C=N–C) groups is 1. The topological polar surface area (TPSA) is 54.7 Å². The van der Waals surface area contributed by atoms with Gasteiger partial charge in [0.2, 0.25) is 0 Å². The molecule has 1 aliphatic heterocycles. The van der Waals surface area contributed by atoms with Gasteiger partial charge in [0.25, 0.3) is 0 Å². The van der Waals surface area contributed by atoms with Gasteiger partial charge >= 0.3 is 0 Å². The van der Waals surface area contributed by atoms with E-state index < -0.39 is 0 Å². The van der Waals surface area contributed by atoms with Crippen molar-refractivity contribution in [2.75, 3.05) is 26.7 Å². The molecule has 2 aromatic rings. The molecule has 0 radical (unpaired) electrons. The van der Waals surface area contributed by atoms with E-state index >= 15 is 0 Å². The number of benzene rings is 1. The van der Waals surface area contributed by atoms with E-state index in [4.69, 9.17) is 9.73 Å². The van der Waals surface area contributed by atoms with Gasteiger partial charge in [0.15, 0.2) is 5.96 Å². The molecule has 30 heavy (non-hydrogen) atoms. The Morgan fingerprint density at radius 1 is 1.33 bits per heavy atom. The van der Waals surface area contributed by atoms with Crippen molar-refractivity contribution in [3.8, 4) is 0 Å². The van der Waals surface area contributed by atoms with Crippen molar-refractivity contribution >= 4 is 5.96 Å². The average Bonchev–Trinajstić information content (AvgIpc) is 3.12. The zero-order valence-corrected chi connectivity index (χ0v) is 19.1. The van der Waals surface area contributed by atoms with E-state index in [9.17, 15) is 0 Å². The van der Waals surface area contributed by atoms with Crippen molar-refractivity contribution in [3.05, 3.63) is 53.3 Å². The summed E-state index contributed by atoms with van der Waals surface area (Å²) in [4.78, 5) is 7.22. The summed E-state index contributed by atoms with van der Waals surface area (Å²) in [5.74, 6) is 1.74. The number of guanidine groups is 1. The van der Waals surface area contributed by atoms with Crippen LogP contribution in [0, 0.1) is 5.92 Å². The highest BCUT2D eigenvalue weighted by Gasteiger charge is 2.27. The highest BCUT2D eigenvalue weighted by Crippen LogP contribution is 2.33. The molecule has 1 aliphatic rings. The van der Waals surface area contributed by atoms with Crippen LogP contribution in [-0.2, 0) is 18.3 Å². The van der Waals surface area contributed by atoms with Crippen LogP contribution in [0.3, 0.4) is 0 Å². The number of aromatic nitrogens is 2. The van der Waals surface area contributed by atoms with Gasteiger partial charge in [-0.05, 0) is 31.2 Å². The normalized spacial score (nSPS) is 19.9. The Morgan fingerprint density at radius 2 is 2.10 bits per heavy atom. The number of hydrogen-bond acceptors (Lipinski definition) is 3. The largest absolute Gasteiger partial charge is 0.373 e. The lowest BCUT2D eigenvalue weighted by Crippen LogP contribution is -2.39. The summed E-state index contributed by atoms with van der Waals surface area (Å²) >= 11 is 0. The van der Waals surface area contributed by atoms with Gasteiger partial charge in [-0.25, -0.2) is 0 Å². The van der Waals surface area contributed by atoms with Gasteiger partial charge in [0.1, 0.15) is 0 Å². The van der Waals surface area contributed by atoms with Crippen LogP contribution in [0.25, 0.3) is 0 Å². The molecule has 1 N–H and O–H groups in total. The van der Waals surface area contributed by atoms with E-state index in [2.05, 4.69) is 79.7 Å². The summed E-state index contributed by atoms with van der Waals surface area (Å²) in [7, 11) is 4.09. The zero-order chi connectivity index (χ0) is 21.5. The second kappa shape index (κ2) is 10.6. The summed E-state index contributed by atoms with van der Waals surface area (Å²) in [6.07, 6.45) is 4.49. The molecule has 0 amide bonds. The maximum atomic E-state index is 6.16. The van der Waals surface area contributed by atoms with Gasteiger partial charge in [-0.15, -0.1) is 0 Å². The van der Waals surface area contributed by atoms with Crippen molar-refractivity contribution in [2.45, 2.75) is 52.2 Å². The summed E-state index contributed by atoms with van der Waals surface area (Å²) in [5.41, 5.74) is 3.67. The first-order valence-corrected chi connectivity index (χ1v) is 11.2. The summed E-state index contributed by atoms with van der Waals surface area (Å²) in [6.45, 7) is 9.72. The Bertz CT molecular complexity index is 814. The van der Waals surface area contributed by atoms with Crippen LogP contribution < -0.4 is 5.32 Å². The summed E-state index contributed by atoms with van der Waals surface area (Å²) in [6, 6.07) is 10.6. The second-order valence-electron chi connectivity index (χ2n) is 8.52. The minimum absolute atomic E-state index is 0.128. The zero-order valence-electron chi connectivity index (χ0n) is 19.1. The van der Waals surface area contributed by atoms with Crippen LogP contribution in [0.15, 0.2) is 41.5 Å². The summed E-state index contributed by atoms with van der Waals surface area (Å²) < 4.78 is 8.06. The number of ether oxygens (including phenoxy) is 1. The fourth-order valence-electron chi connectivity index (χ4n) is 4.21. The Hall–Kier alpha value is -2.34. The van der Waals surface area contributed by atoms with Gasteiger partial charge < -0.3 is 15.0 Å². The molecule has 2 atom stereocenters. The van der Waals surface area contributed by atoms with E-state index in [-0.39, 0.29) is 6.10 Å². The van der Waals surface area contributed by atoms with Gasteiger partial charge in [-0.3, -0.25) is 9.67 Å². The third kappa shape index (κ3) is 5.63. The fourth-order valence-corrected chi connectivity index (χ4v) is 4.21. The minimum atomic E-state index is 0.128. The first kappa shape index (κ1) is 22.3. The molecular weight excluding hydrogens is 374 g/mol. The standard InChI is InChI=1S/C24H37N5O/c1-6-25-24(28(4)16-21-17-29(5)27-22(21)18(2)3)26-15-20-13-10-14-30-23(20)19-11-8-7-9-12-19/h7-9,11-12,17-18,20,23H,6,10,13-16H2,1-5H3,(H,25,26). The van der Waals surface area contributed by atoms with Crippen molar-refractivity contribution in [1.82, 2.24) is 20.0 Å². The molecular formula is C24H37N5O. The van der Waals surface area contributed by atoms with Crippen molar-refractivity contribution in [1.29, 1.82) is 0 Å². The third-order valence-electron chi connectivity index (χ3n) is 5.64. The minimum Gasteiger partial charge on any atom is -0.373 e.